The number of nitrogens with zero attached hydrogens (tertiary/aromatic N) is 2. The van der Waals surface area contributed by atoms with Crippen LogP contribution < -0.4 is 4.90 Å². The average molecular weight is 855 g/mol. The number of aryl methyl sites for hydroxylation is 4. The zero-order chi connectivity index (χ0) is 44.0. The Labute approximate surface area is 391 Å². The second kappa shape index (κ2) is 15.2. The van der Waals surface area contributed by atoms with Crippen molar-refractivity contribution in [3.8, 4) is 61.3 Å². The van der Waals surface area contributed by atoms with Crippen LogP contribution in [0.3, 0.4) is 0 Å². The topological polar surface area (TPSA) is 8.17 Å². The maximum absolute atomic E-state index is 2.48. The average Bonchev–Trinajstić information content (AvgIpc) is 3.54. The number of para-hydroxylation sites is 1. The van der Waals surface area contributed by atoms with Gasteiger partial charge in [0, 0.05) is 33.4 Å². The van der Waals surface area contributed by atoms with Crippen molar-refractivity contribution in [2.24, 2.45) is 0 Å². The van der Waals surface area contributed by atoms with Crippen LogP contribution in [0.4, 0.5) is 11.4 Å². The van der Waals surface area contributed by atoms with E-state index in [1.54, 1.807) is 0 Å². The van der Waals surface area contributed by atoms with Crippen LogP contribution in [0, 0.1) is 0 Å². The van der Waals surface area contributed by atoms with E-state index in [-0.39, 0.29) is 6.04 Å². The number of anilines is 2. The van der Waals surface area contributed by atoms with Gasteiger partial charge in [-0.2, -0.15) is 0 Å². The molecule has 14 rings (SSSR count). The molecule has 316 valence electrons. The molecule has 3 aliphatic carbocycles. The van der Waals surface area contributed by atoms with E-state index in [2.05, 4.69) is 234 Å². The van der Waals surface area contributed by atoms with E-state index < -0.39 is 0 Å². The van der Waals surface area contributed by atoms with Crippen molar-refractivity contribution in [3.05, 3.63) is 252 Å². The van der Waals surface area contributed by atoms with E-state index in [9.17, 15) is 0 Å². The highest BCUT2D eigenvalue weighted by Crippen LogP contribution is 2.44. The molecule has 1 aromatic heterocycles. The number of allylic oxidation sites excluding steroid dienone is 4. The van der Waals surface area contributed by atoms with Gasteiger partial charge in [0.2, 0.25) is 0 Å². The summed E-state index contributed by atoms with van der Waals surface area (Å²) in [6.07, 6.45) is 16.1. The fraction of sp³-hybridized carbons (Fsp3) is 0.0769. The van der Waals surface area contributed by atoms with Gasteiger partial charge in [0.25, 0.3) is 0 Å². The van der Waals surface area contributed by atoms with E-state index >= 15 is 0 Å². The van der Waals surface area contributed by atoms with E-state index in [0.29, 0.717) is 0 Å². The largest absolute Gasteiger partial charge is 0.330 e. The molecule has 2 heterocycles. The predicted octanol–water partition coefficient (Wildman–Crippen LogP) is 16.3. The van der Waals surface area contributed by atoms with Gasteiger partial charge in [0.15, 0.2) is 0 Å². The third kappa shape index (κ3) is 6.39. The Balaban J connectivity index is 0.757. The summed E-state index contributed by atoms with van der Waals surface area (Å²) >= 11 is 0. The first-order chi connectivity index (χ1) is 33.1. The second-order valence-corrected chi connectivity index (χ2v) is 18.8. The van der Waals surface area contributed by atoms with Crippen LogP contribution >= 0.6 is 0 Å². The number of benzene rings is 9. The van der Waals surface area contributed by atoms with Crippen molar-refractivity contribution in [1.82, 2.24) is 4.57 Å². The molecule has 0 saturated heterocycles. The van der Waals surface area contributed by atoms with E-state index in [1.165, 1.54) is 148 Å². The Hall–Kier alpha value is -8.20. The van der Waals surface area contributed by atoms with E-state index in [4.69, 9.17) is 0 Å². The fourth-order valence-electron chi connectivity index (χ4n) is 11.2. The quantitative estimate of drug-likeness (QED) is 0.155. The lowest BCUT2D eigenvalue weighted by atomic mass is 9.85. The highest BCUT2D eigenvalue weighted by Gasteiger charge is 2.27. The molecule has 0 spiro atoms. The van der Waals surface area contributed by atoms with Crippen molar-refractivity contribution in [2.45, 2.75) is 31.7 Å². The summed E-state index contributed by atoms with van der Waals surface area (Å²) in [5.41, 5.74) is 27.0. The zero-order valence-corrected chi connectivity index (χ0v) is 37.2. The molecule has 1 unspecified atom stereocenters. The molecule has 2 nitrogen and oxygen atoms in total. The Bertz CT molecular complexity index is 3740. The standard InChI is InChI=1S/C65H46N2/c1-2-12-59-39-56(7-1)61-40-54(48-10-5-8-46(35-48)52-21-17-44-15-19-50(44)37-52)27-33-64(61)66(59)57-29-23-42(24-30-57)43-25-31-58(32-26-43)67-63-14-4-3-13-60(63)62-41-55(28-34-65(62)67)49-11-6-9-47(36-49)53-22-18-45-16-20-51(45)38-53/h1-14,17-18,21-41,59H,15-16,19-20H2. The molecule has 1 aliphatic heterocycles. The minimum absolute atomic E-state index is 0.116. The molecule has 0 amide bonds. The molecule has 0 radical (unpaired) electrons. The van der Waals surface area contributed by atoms with Crippen molar-refractivity contribution < 1.29 is 0 Å². The smallest absolute Gasteiger partial charge is 0.0718 e. The van der Waals surface area contributed by atoms with Crippen LogP contribution in [0.1, 0.15) is 27.8 Å². The Kier molecular flexibility index (Phi) is 8.64. The summed E-state index contributed by atoms with van der Waals surface area (Å²) in [4.78, 5) is 2.48. The number of hydrogen-bond acceptors (Lipinski definition) is 1. The van der Waals surface area contributed by atoms with Gasteiger partial charge in [0.05, 0.1) is 17.1 Å². The van der Waals surface area contributed by atoms with Crippen LogP contribution in [0.5, 0.6) is 0 Å². The second-order valence-electron chi connectivity index (χ2n) is 18.8. The van der Waals surface area contributed by atoms with Gasteiger partial charge >= 0.3 is 0 Å². The van der Waals surface area contributed by atoms with Crippen molar-refractivity contribution in [1.29, 1.82) is 0 Å². The summed E-state index contributed by atoms with van der Waals surface area (Å²) in [7, 11) is 0. The van der Waals surface area contributed by atoms with Gasteiger partial charge in [-0.05, 0) is 182 Å². The number of aromatic nitrogens is 1. The van der Waals surface area contributed by atoms with Crippen LogP contribution in [-0.4, -0.2) is 10.6 Å². The molecule has 9 aromatic carbocycles. The SMILES string of the molecule is C1=CC2=CC(C=C1)N(c1ccc(-c3ccc(-n4c5ccccc5c5cc(-c6cccc(-c7ccc8c(c7)CC8)c6)ccc54)cc3)cc1)c1ccc(-c3cccc(-c4ccc5c(c4)CC5)c3)cc12. The number of rotatable bonds is 7. The van der Waals surface area contributed by atoms with Crippen molar-refractivity contribution >= 4 is 38.8 Å². The third-order valence-electron chi connectivity index (χ3n) is 15.0. The lowest BCUT2D eigenvalue weighted by Crippen LogP contribution is -2.31. The Morgan fingerprint density at radius 1 is 0.358 bits per heavy atom. The lowest BCUT2D eigenvalue weighted by Gasteiger charge is -2.36. The van der Waals surface area contributed by atoms with E-state index in [0.717, 1.165) is 5.69 Å². The first-order valence-corrected chi connectivity index (χ1v) is 23.8. The summed E-state index contributed by atoms with van der Waals surface area (Å²) in [5, 5.41) is 2.53. The molecule has 0 fully saturated rings. The van der Waals surface area contributed by atoms with Crippen molar-refractivity contribution in [3.63, 3.8) is 0 Å². The van der Waals surface area contributed by atoms with Gasteiger partial charge in [-0.15, -0.1) is 0 Å². The Morgan fingerprint density at radius 2 is 0.881 bits per heavy atom. The molecule has 67 heavy (non-hydrogen) atoms. The molecule has 0 saturated carbocycles. The van der Waals surface area contributed by atoms with Crippen LogP contribution in [0.15, 0.2) is 225 Å². The highest BCUT2D eigenvalue weighted by molar-refractivity contribution is 6.10. The molecular formula is C65H46N2. The number of fused-ring (bicyclic) bond motifs is 8. The molecular weight excluding hydrogens is 809 g/mol. The fourth-order valence-corrected chi connectivity index (χ4v) is 11.2. The maximum atomic E-state index is 2.48. The van der Waals surface area contributed by atoms with Crippen molar-refractivity contribution in [2.75, 3.05) is 4.90 Å². The van der Waals surface area contributed by atoms with Crippen LogP contribution in [0.2, 0.25) is 0 Å². The van der Waals surface area contributed by atoms with Gasteiger partial charge in [-0.25, -0.2) is 0 Å². The zero-order valence-electron chi connectivity index (χ0n) is 37.2. The van der Waals surface area contributed by atoms with Gasteiger partial charge in [-0.3, -0.25) is 0 Å². The van der Waals surface area contributed by atoms with Gasteiger partial charge in [0.1, 0.15) is 0 Å². The molecule has 1 atom stereocenters. The summed E-state index contributed by atoms with van der Waals surface area (Å²) < 4.78 is 2.42. The Morgan fingerprint density at radius 3 is 1.51 bits per heavy atom. The number of hydrogen-bond donors (Lipinski definition) is 0. The van der Waals surface area contributed by atoms with Gasteiger partial charge < -0.3 is 9.47 Å². The molecule has 2 heteroatoms. The summed E-state index contributed by atoms with van der Waals surface area (Å²) in [6.45, 7) is 0. The molecule has 10 aromatic rings. The highest BCUT2D eigenvalue weighted by atomic mass is 15.2. The predicted molar refractivity (Wildman–Crippen MR) is 281 cm³/mol. The maximum Gasteiger partial charge on any atom is 0.0718 e. The molecule has 2 bridgehead atoms. The normalized spacial score (nSPS) is 15.3. The molecule has 4 aliphatic rings. The van der Waals surface area contributed by atoms with Crippen LogP contribution in [0.25, 0.3) is 88.7 Å². The first kappa shape index (κ1) is 38.1. The lowest BCUT2D eigenvalue weighted by molar-refractivity contribution is 0.840. The van der Waals surface area contributed by atoms with Gasteiger partial charge in [-0.1, -0.05) is 152 Å². The minimum Gasteiger partial charge on any atom is -0.330 e. The summed E-state index contributed by atoms with van der Waals surface area (Å²) in [5.74, 6) is 0. The third-order valence-corrected chi connectivity index (χ3v) is 15.0. The summed E-state index contributed by atoms with van der Waals surface area (Å²) in [6, 6.07) is 73.1. The monoisotopic (exact) mass is 854 g/mol. The van der Waals surface area contributed by atoms with E-state index in [1.807, 2.05) is 0 Å². The van der Waals surface area contributed by atoms with Crippen LogP contribution in [-0.2, 0) is 25.7 Å². The first-order valence-electron chi connectivity index (χ1n) is 23.8. The molecule has 0 N–H and O–H groups in total. The minimum atomic E-state index is 0.116.